The summed E-state index contributed by atoms with van der Waals surface area (Å²) in [6, 6.07) is 14.2. The molecule has 0 atom stereocenters. The van der Waals surface area contributed by atoms with Crippen molar-refractivity contribution < 1.29 is 17.7 Å². The number of benzene rings is 2. The van der Waals surface area contributed by atoms with Crippen LogP contribution in [0.1, 0.15) is 11.3 Å². The molecule has 130 valence electrons. The first kappa shape index (κ1) is 17.0. The van der Waals surface area contributed by atoms with Crippen molar-refractivity contribution in [3.63, 3.8) is 0 Å². The number of aromatic nitrogens is 1. The summed E-state index contributed by atoms with van der Waals surface area (Å²) < 4.78 is 30.1. The molecule has 3 rings (SSSR count). The molecule has 0 saturated heterocycles. The summed E-state index contributed by atoms with van der Waals surface area (Å²) in [5.41, 5.74) is 2.47. The van der Waals surface area contributed by atoms with Gasteiger partial charge < -0.3 is 9.84 Å². The average molecular weight is 359 g/mol. The van der Waals surface area contributed by atoms with Gasteiger partial charge in [0.25, 0.3) is 0 Å². The van der Waals surface area contributed by atoms with E-state index in [4.69, 9.17) is 4.52 Å². The zero-order valence-electron chi connectivity index (χ0n) is 13.5. The number of para-hydroxylation sites is 1. The van der Waals surface area contributed by atoms with E-state index >= 15 is 0 Å². The Morgan fingerprint density at radius 2 is 1.96 bits per heavy atom. The molecule has 0 fully saturated rings. The number of amides is 1. The fourth-order valence-corrected chi connectivity index (χ4v) is 2.99. The van der Waals surface area contributed by atoms with Gasteiger partial charge in [-0.1, -0.05) is 29.4 Å². The maximum Gasteiger partial charge on any atom is 0.229 e. The lowest BCUT2D eigenvalue weighted by atomic mass is 10.1. The van der Waals surface area contributed by atoms with Crippen LogP contribution in [0, 0.1) is 0 Å². The number of nitrogens with zero attached hydrogens (tertiary/aromatic N) is 1. The minimum Gasteiger partial charge on any atom is -0.356 e. The SMILES string of the molecule is CS(=O)(=O)Nc1cccc(CNC(=O)Cc2noc3ccccc23)c1. The smallest absolute Gasteiger partial charge is 0.229 e. The van der Waals surface area contributed by atoms with E-state index in [0.717, 1.165) is 17.2 Å². The van der Waals surface area contributed by atoms with Crippen molar-refractivity contribution in [2.24, 2.45) is 0 Å². The highest BCUT2D eigenvalue weighted by atomic mass is 32.2. The van der Waals surface area contributed by atoms with Crippen molar-refractivity contribution in [3.8, 4) is 0 Å². The molecule has 2 aromatic carbocycles. The highest BCUT2D eigenvalue weighted by Crippen LogP contribution is 2.18. The standard InChI is InChI=1S/C17H17N3O4S/c1-25(22,23)20-13-6-4-5-12(9-13)11-18-17(21)10-15-14-7-2-3-8-16(14)24-19-15/h2-9,20H,10-11H2,1H3,(H,18,21). The normalized spacial score (nSPS) is 11.4. The van der Waals surface area contributed by atoms with Crippen LogP contribution in [-0.4, -0.2) is 25.7 Å². The Labute approximate surface area is 145 Å². The van der Waals surface area contributed by atoms with Gasteiger partial charge in [-0.3, -0.25) is 9.52 Å². The molecule has 3 aromatic rings. The first-order chi connectivity index (χ1) is 11.9. The molecule has 1 heterocycles. The summed E-state index contributed by atoms with van der Waals surface area (Å²) in [6.07, 6.45) is 1.20. The van der Waals surface area contributed by atoms with Crippen LogP contribution in [0.3, 0.4) is 0 Å². The molecule has 8 heteroatoms. The maximum absolute atomic E-state index is 12.1. The van der Waals surface area contributed by atoms with Gasteiger partial charge in [-0.25, -0.2) is 8.42 Å². The van der Waals surface area contributed by atoms with E-state index in [9.17, 15) is 13.2 Å². The molecule has 7 nitrogen and oxygen atoms in total. The largest absolute Gasteiger partial charge is 0.356 e. The molecule has 0 radical (unpaired) electrons. The van der Waals surface area contributed by atoms with Crippen molar-refractivity contribution >= 4 is 32.6 Å². The number of carbonyl (C=O) groups is 1. The second kappa shape index (κ2) is 6.94. The van der Waals surface area contributed by atoms with Gasteiger partial charge in [-0.2, -0.15) is 0 Å². The second-order valence-electron chi connectivity index (χ2n) is 5.65. The fraction of sp³-hybridized carbons (Fsp3) is 0.176. The molecule has 25 heavy (non-hydrogen) atoms. The third kappa shape index (κ3) is 4.57. The van der Waals surface area contributed by atoms with Crippen LogP contribution in [0.2, 0.25) is 0 Å². The van der Waals surface area contributed by atoms with E-state index in [-0.39, 0.29) is 18.9 Å². The van der Waals surface area contributed by atoms with Crippen LogP contribution in [-0.2, 0) is 27.8 Å². The average Bonchev–Trinajstić information content (AvgIpc) is 2.95. The lowest BCUT2D eigenvalue weighted by Gasteiger charge is -2.08. The monoisotopic (exact) mass is 359 g/mol. The Balaban J connectivity index is 1.62. The number of anilines is 1. The summed E-state index contributed by atoms with van der Waals surface area (Å²) in [6.45, 7) is 0.286. The Bertz CT molecular complexity index is 1010. The third-order valence-electron chi connectivity index (χ3n) is 3.50. The lowest BCUT2D eigenvalue weighted by Crippen LogP contribution is -2.24. The van der Waals surface area contributed by atoms with Gasteiger partial charge >= 0.3 is 0 Å². The van der Waals surface area contributed by atoms with Gasteiger partial charge in [0.2, 0.25) is 15.9 Å². The van der Waals surface area contributed by atoms with E-state index in [0.29, 0.717) is 17.0 Å². The summed E-state index contributed by atoms with van der Waals surface area (Å²) in [5.74, 6) is -0.194. The number of carbonyl (C=O) groups excluding carboxylic acids is 1. The van der Waals surface area contributed by atoms with Gasteiger partial charge in [0.05, 0.1) is 12.7 Å². The third-order valence-corrected chi connectivity index (χ3v) is 4.11. The molecule has 0 saturated carbocycles. The van der Waals surface area contributed by atoms with Gasteiger partial charge in [-0.15, -0.1) is 0 Å². The quantitative estimate of drug-likeness (QED) is 0.701. The number of fused-ring (bicyclic) bond motifs is 1. The van der Waals surface area contributed by atoms with Crippen molar-refractivity contribution in [1.82, 2.24) is 10.5 Å². The van der Waals surface area contributed by atoms with Crippen LogP contribution in [0.25, 0.3) is 11.0 Å². The highest BCUT2D eigenvalue weighted by molar-refractivity contribution is 7.92. The predicted octanol–water partition coefficient (Wildman–Crippen LogP) is 2.06. The van der Waals surface area contributed by atoms with Gasteiger partial charge in [0, 0.05) is 17.6 Å². The molecular weight excluding hydrogens is 342 g/mol. The molecular formula is C17H17N3O4S. The molecule has 0 bridgehead atoms. The number of hydrogen-bond acceptors (Lipinski definition) is 5. The fourth-order valence-electron chi connectivity index (χ4n) is 2.44. The molecule has 2 N–H and O–H groups in total. The van der Waals surface area contributed by atoms with Crippen LogP contribution in [0.4, 0.5) is 5.69 Å². The Kier molecular flexibility index (Phi) is 4.71. The minimum absolute atomic E-state index is 0.109. The minimum atomic E-state index is -3.34. The molecule has 0 aliphatic heterocycles. The Morgan fingerprint density at radius 3 is 2.76 bits per heavy atom. The molecule has 0 spiro atoms. The summed E-state index contributed by atoms with van der Waals surface area (Å²) in [7, 11) is -3.34. The summed E-state index contributed by atoms with van der Waals surface area (Å²) in [5, 5.41) is 7.54. The van der Waals surface area contributed by atoms with Gasteiger partial charge in [0.1, 0.15) is 5.69 Å². The van der Waals surface area contributed by atoms with E-state index < -0.39 is 10.0 Å². The van der Waals surface area contributed by atoms with E-state index in [1.54, 1.807) is 30.3 Å². The van der Waals surface area contributed by atoms with E-state index in [1.165, 1.54) is 0 Å². The lowest BCUT2D eigenvalue weighted by molar-refractivity contribution is -0.120. The summed E-state index contributed by atoms with van der Waals surface area (Å²) in [4.78, 5) is 12.1. The Morgan fingerprint density at radius 1 is 1.16 bits per heavy atom. The van der Waals surface area contributed by atoms with Crippen LogP contribution < -0.4 is 10.0 Å². The van der Waals surface area contributed by atoms with Crippen molar-refractivity contribution in [3.05, 3.63) is 59.8 Å². The van der Waals surface area contributed by atoms with E-state index in [1.807, 2.05) is 18.2 Å². The Hall–Kier alpha value is -2.87. The molecule has 0 aliphatic rings. The molecule has 1 aromatic heterocycles. The number of sulfonamides is 1. The zero-order valence-corrected chi connectivity index (χ0v) is 14.3. The first-order valence-corrected chi connectivity index (χ1v) is 9.46. The molecule has 0 unspecified atom stereocenters. The van der Waals surface area contributed by atoms with Crippen molar-refractivity contribution in [2.75, 3.05) is 11.0 Å². The first-order valence-electron chi connectivity index (χ1n) is 7.57. The van der Waals surface area contributed by atoms with Gasteiger partial charge in [0.15, 0.2) is 5.58 Å². The zero-order chi connectivity index (χ0) is 17.9. The van der Waals surface area contributed by atoms with Crippen LogP contribution >= 0.6 is 0 Å². The predicted molar refractivity (Wildman–Crippen MR) is 94.5 cm³/mol. The van der Waals surface area contributed by atoms with Gasteiger partial charge in [-0.05, 0) is 29.8 Å². The maximum atomic E-state index is 12.1. The van der Waals surface area contributed by atoms with E-state index in [2.05, 4.69) is 15.2 Å². The number of rotatable bonds is 6. The van der Waals surface area contributed by atoms with Crippen LogP contribution in [0.15, 0.2) is 53.1 Å². The topological polar surface area (TPSA) is 101 Å². The van der Waals surface area contributed by atoms with Crippen LogP contribution in [0.5, 0.6) is 0 Å². The van der Waals surface area contributed by atoms with Crippen molar-refractivity contribution in [1.29, 1.82) is 0 Å². The second-order valence-corrected chi connectivity index (χ2v) is 7.40. The molecule has 0 aliphatic carbocycles. The molecule has 1 amide bonds. The number of hydrogen-bond donors (Lipinski definition) is 2. The highest BCUT2D eigenvalue weighted by Gasteiger charge is 2.12. The number of nitrogens with one attached hydrogen (secondary N) is 2. The van der Waals surface area contributed by atoms with Crippen molar-refractivity contribution in [2.45, 2.75) is 13.0 Å². The summed E-state index contributed by atoms with van der Waals surface area (Å²) >= 11 is 0.